The molecule has 7 heteroatoms. The first-order valence-corrected chi connectivity index (χ1v) is 5.89. The molecule has 0 atom stereocenters. The number of aromatic nitrogens is 1. The summed E-state index contributed by atoms with van der Waals surface area (Å²) in [6.07, 6.45) is 0. The summed E-state index contributed by atoms with van der Waals surface area (Å²) >= 11 is 0. The zero-order valence-electron chi connectivity index (χ0n) is 11.5. The number of nitrogens with zero attached hydrogens (tertiary/aromatic N) is 4. The normalized spacial score (nSPS) is 9.95. The van der Waals surface area contributed by atoms with Crippen LogP contribution in [-0.4, -0.2) is 19.2 Å². The maximum atomic E-state index is 8.34. The first kappa shape index (κ1) is 13.8. The van der Waals surface area contributed by atoms with E-state index in [0.29, 0.717) is 28.8 Å². The first-order chi connectivity index (χ1) is 9.69. The molecule has 0 saturated heterocycles. The van der Waals surface area contributed by atoms with Crippen molar-refractivity contribution in [2.24, 2.45) is 5.11 Å². The van der Waals surface area contributed by atoms with E-state index in [1.54, 1.807) is 33.3 Å². The number of hydrogen-bond donors (Lipinski definition) is 0. The number of oxazole rings is 1. The van der Waals surface area contributed by atoms with E-state index in [1.807, 2.05) is 6.07 Å². The molecule has 1 heterocycles. The fraction of sp³-hybridized carbons (Fsp3) is 0.308. The third-order valence-electron chi connectivity index (χ3n) is 2.81. The fourth-order valence-corrected chi connectivity index (χ4v) is 1.77. The maximum Gasteiger partial charge on any atom is 0.226 e. The molecule has 1 aromatic heterocycles. The van der Waals surface area contributed by atoms with Gasteiger partial charge in [-0.15, -0.1) is 0 Å². The Bertz CT molecular complexity index is 660. The number of azide groups is 1. The highest BCUT2D eigenvalue weighted by molar-refractivity contribution is 5.60. The van der Waals surface area contributed by atoms with Crippen LogP contribution < -0.4 is 9.47 Å². The minimum Gasteiger partial charge on any atom is -0.493 e. The Morgan fingerprint density at radius 2 is 2.05 bits per heavy atom. The van der Waals surface area contributed by atoms with E-state index in [9.17, 15) is 0 Å². The van der Waals surface area contributed by atoms with E-state index in [1.165, 1.54) is 0 Å². The highest BCUT2D eigenvalue weighted by Gasteiger charge is 2.13. The topological polar surface area (TPSA) is 93.3 Å². The molecule has 2 aromatic rings. The predicted molar refractivity (Wildman–Crippen MR) is 72.6 cm³/mol. The van der Waals surface area contributed by atoms with Crippen molar-refractivity contribution in [3.8, 4) is 23.0 Å². The average Bonchev–Trinajstić information content (AvgIpc) is 2.85. The van der Waals surface area contributed by atoms with Crippen LogP contribution in [0.3, 0.4) is 0 Å². The standard InChI is InChI=1S/C13H14N4O3/c1-8-10(7-15-17-14)16-13(20-8)9-4-5-11(18-2)12(6-9)19-3/h4-6H,7H2,1-3H3. The third-order valence-corrected chi connectivity index (χ3v) is 2.81. The van der Waals surface area contributed by atoms with Gasteiger partial charge in [0.1, 0.15) is 5.76 Å². The molecule has 0 amide bonds. The molecule has 2 rings (SSSR count). The summed E-state index contributed by atoms with van der Waals surface area (Å²) in [5, 5.41) is 3.48. The van der Waals surface area contributed by atoms with Crippen LogP contribution in [0.5, 0.6) is 11.5 Å². The van der Waals surface area contributed by atoms with Crippen LogP contribution in [-0.2, 0) is 6.54 Å². The van der Waals surface area contributed by atoms with E-state index in [-0.39, 0.29) is 6.54 Å². The lowest BCUT2D eigenvalue weighted by Gasteiger charge is -2.07. The Morgan fingerprint density at radius 3 is 2.70 bits per heavy atom. The van der Waals surface area contributed by atoms with Crippen LogP contribution in [0.25, 0.3) is 21.9 Å². The average molecular weight is 274 g/mol. The van der Waals surface area contributed by atoms with E-state index >= 15 is 0 Å². The van der Waals surface area contributed by atoms with Gasteiger partial charge in [-0.1, -0.05) is 5.11 Å². The number of benzene rings is 1. The highest BCUT2D eigenvalue weighted by Crippen LogP contribution is 2.32. The lowest BCUT2D eigenvalue weighted by atomic mass is 10.2. The Kier molecular flexibility index (Phi) is 4.12. The van der Waals surface area contributed by atoms with Crippen LogP contribution >= 0.6 is 0 Å². The Balaban J connectivity index is 2.38. The van der Waals surface area contributed by atoms with E-state index in [2.05, 4.69) is 15.0 Å². The lowest BCUT2D eigenvalue weighted by Crippen LogP contribution is -1.91. The van der Waals surface area contributed by atoms with Crippen LogP contribution in [0.2, 0.25) is 0 Å². The van der Waals surface area contributed by atoms with Gasteiger partial charge in [0.25, 0.3) is 0 Å². The van der Waals surface area contributed by atoms with Crippen LogP contribution in [0, 0.1) is 6.92 Å². The van der Waals surface area contributed by atoms with Crippen LogP contribution in [0.1, 0.15) is 11.5 Å². The number of methoxy groups -OCH3 is 2. The molecule has 104 valence electrons. The largest absolute Gasteiger partial charge is 0.493 e. The maximum absolute atomic E-state index is 8.34. The summed E-state index contributed by atoms with van der Waals surface area (Å²) in [6.45, 7) is 1.94. The van der Waals surface area contributed by atoms with Gasteiger partial charge in [-0.05, 0) is 30.7 Å². The molecule has 0 bridgehead atoms. The zero-order chi connectivity index (χ0) is 14.5. The quantitative estimate of drug-likeness (QED) is 0.474. The summed E-state index contributed by atoms with van der Waals surface area (Å²) in [6, 6.07) is 5.38. The molecule has 0 aliphatic heterocycles. The van der Waals surface area contributed by atoms with Crippen LogP contribution in [0.4, 0.5) is 0 Å². The summed E-state index contributed by atoms with van der Waals surface area (Å²) < 4.78 is 16.0. The third kappa shape index (κ3) is 2.67. The molecule has 0 saturated carbocycles. The molecule has 0 aliphatic carbocycles. The van der Waals surface area contributed by atoms with Crippen molar-refractivity contribution in [1.82, 2.24) is 4.98 Å². The number of rotatable bonds is 5. The van der Waals surface area contributed by atoms with Crippen molar-refractivity contribution in [3.63, 3.8) is 0 Å². The van der Waals surface area contributed by atoms with Crippen molar-refractivity contribution in [3.05, 3.63) is 40.1 Å². The van der Waals surface area contributed by atoms with Crippen LogP contribution in [0.15, 0.2) is 27.7 Å². The molecule has 7 nitrogen and oxygen atoms in total. The Labute approximate surface area is 115 Å². The second-order valence-electron chi connectivity index (χ2n) is 3.98. The molecule has 0 N–H and O–H groups in total. The van der Waals surface area contributed by atoms with Gasteiger partial charge in [0.15, 0.2) is 11.5 Å². The van der Waals surface area contributed by atoms with Gasteiger partial charge in [-0.2, -0.15) is 0 Å². The van der Waals surface area contributed by atoms with Gasteiger partial charge in [0.2, 0.25) is 5.89 Å². The SMILES string of the molecule is COc1ccc(-c2nc(CN=[N+]=[N-])c(C)o2)cc1OC. The number of hydrogen-bond acceptors (Lipinski definition) is 5. The van der Waals surface area contributed by atoms with Crippen molar-refractivity contribution < 1.29 is 13.9 Å². The molecular formula is C13H14N4O3. The highest BCUT2D eigenvalue weighted by atomic mass is 16.5. The number of aryl methyl sites for hydroxylation is 1. The minimum atomic E-state index is 0.166. The number of ether oxygens (including phenoxy) is 2. The van der Waals surface area contributed by atoms with Crippen molar-refractivity contribution >= 4 is 0 Å². The van der Waals surface area contributed by atoms with E-state index < -0.39 is 0 Å². The summed E-state index contributed by atoms with van der Waals surface area (Å²) in [5.74, 6) is 2.31. The molecule has 0 radical (unpaired) electrons. The van der Waals surface area contributed by atoms with E-state index in [4.69, 9.17) is 19.4 Å². The second kappa shape index (κ2) is 5.99. The van der Waals surface area contributed by atoms with Gasteiger partial charge in [-0.3, -0.25) is 0 Å². The van der Waals surface area contributed by atoms with Gasteiger partial charge in [0, 0.05) is 10.5 Å². The smallest absolute Gasteiger partial charge is 0.226 e. The first-order valence-electron chi connectivity index (χ1n) is 5.89. The molecule has 0 aliphatic rings. The molecule has 20 heavy (non-hydrogen) atoms. The zero-order valence-corrected chi connectivity index (χ0v) is 11.5. The summed E-state index contributed by atoms with van der Waals surface area (Å²) in [5.41, 5.74) is 9.72. The molecular weight excluding hydrogens is 260 g/mol. The fourth-order valence-electron chi connectivity index (χ4n) is 1.77. The van der Waals surface area contributed by atoms with Gasteiger partial charge in [-0.25, -0.2) is 4.98 Å². The molecule has 0 spiro atoms. The van der Waals surface area contributed by atoms with Gasteiger partial charge >= 0.3 is 0 Å². The molecule has 0 unspecified atom stereocenters. The summed E-state index contributed by atoms with van der Waals surface area (Å²) in [4.78, 5) is 7.03. The van der Waals surface area contributed by atoms with Gasteiger partial charge < -0.3 is 13.9 Å². The molecule has 1 aromatic carbocycles. The minimum absolute atomic E-state index is 0.166. The van der Waals surface area contributed by atoms with Crippen molar-refractivity contribution in [2.45, 2.75) is 13.5 Å². The summed E-state index contributed by atoms with van der Waals surface area (Å²) in [7, 11) is 3.14. The molecule has 0 fully saturated rings. The van der Waals surface area contributed by atoms with Crippen molar-refractivity contribution in [1.29, 1.82) is 0 Å². The predicted octanol–water partition coefficient (Wildman–Crippen LogP) is 3.48. The Morgan fingerprint density at radius 1 is 1.30 bits per heavy atom. The second-order valence-corrected chi connectivity index (χ2v) is 3.98. The Hall–Kier alpha value is -2.66. The van der Waals surface area contributed by atoms with Gasteiger partial charge in [0.05, 0.1) is 26.5 Å². The lowest BCUT2D eigenvalue weighted by molar-refractivity contribution is 0.355. The van der Waals surface area contributed by atoms with E-state index in [0.717, 1.165) is 5.56 Å². The van der Waals surface area contributed by atoms with Crippen molar-refractivity contribution in [2.75, 3.05) is 14.2 Å². The monoisotopic (exact) mass is 274 g/mol.